The monoisotopic (exact) mass is 224 g/mol. The largest absolute Gasteiger partial charge is 0.337 e. The van der Waals surface area contributed by atoms with E-state index in [-0.39, 0.29) is 5.91 Å². The number of piperidine rings is 1. The molecule has 1 fully saturated rings. The first-order chi connectivity index (χ1) is 7.31. The molecule has 0 saturated carbocycles. The predicted molar refractivity (Wildman–Crippen MR) is 61.0 cm³/mol. The van der Waals surface area contributed by atoms with Crippen LogP contribution in [0.1, 0.15) is 36.7 Å². The molecular formula is C11H16N2OS. The molecule has 4 heteroatoms. The summed E-state index contributed by atoms with van der Waals surface area (Å²) < 4.78 is 0. The molecule has 0 radical (unpaired) electrons. The fourth-order valence-corrected chi connectivity index (χ4v) is 2.59. The number of rotatable bonds is 2. The third kappa shape index (κ3) is 2.37. The second-order valence-electron chi connectivity index (χ2n) is 4.04. The van der Waals surface area contributed by atoms with E-state index in [0.29, 0.717) is 11.6 Å². The van der Waals surface area contributed by atoms with Crippen molar-refractivity contribution in [1.82, 2.24) is 9.88 Å². The van der Waals surface area contributed by atoms with Gasteiger partial charge in [0.1, 0.15) is 5.69 Å². The van der Waals surface area contributed by atoms with Gasteiger partial charge in [0, 0.05) is 18.5 Å². The number of nitrogens with zero attached hydrogens (tertiary/aromatic N) is 2. The van der Waals surface area contributed by atoms with Gasteiger partial charge in [0.15, 0.2) is 0 Å². The quantitative estimate of drug-likeness (QED) is 0.773. The minimum Gasteiger partial charge on any atom is -0.337 e. The van der Waals surface area contributed by atoms with E-state index < -0.39 is 0 Å². The zero-order valence-corrected chi connectivity index (χ0v) is 9.80. The van der Waals surface area contributed by atoms with E-state index >= 15 is 0 Å². The van der Waals surface area contributed by atoms with Crippen molar-refractivity contribution >= 4 is 17.2 Å². The molecule has 1 saturated heterocycles. The van der Waals surface area contributed by atoms with Crippen LogP contribution in [-0.2, 0) is 0 Å². The maximum atomic E-state index is 12.0. The topological polar surface area (TPSA) is 33.2 Å². The first kappa shape index (κ1) is 10.6. The molecule has 82 valence electrons. The predicted octanol–water partition coefficient (Wildman–Crippen LogP) is 2.41. The number of hydrogen-bond donors (Lipinski definition) is 0. The van der Waals surface area contributed by atoms with Gasteiger partial charge in [0.2, 0.25) is 0 Å². The summed E-state index contributed by atoms with van der Waals surface area (Å²) in [5.41, 5.74) is 2.32. The third-order valence-corrected chi connectivity index (χ3v) is 3.62. The minimum absolute atomic E-state index is 0.106. The number of carbonyl (C=O) groups excluding carboxylic acids is 1. The van der Waals surface area contributed by atoms with E-state index in [2.05, 4.69) is 11.9 Å². The average Bonchev–Trinajstić information content (AvgIpc) is 2.81. The minimum atomic E-state index is 0.106. The average molecular weight is 224 g/mol. The highest BCUT2D eigenvalue weighted by atomic mass is 32.1. The van der Waals surface area contributed by atoms with Crippen LogP contribution in [0.5, 0.6) is 0 Å². The number of hydrogen-bond acceptors (Lipinski definition) is 3. The van der Waals surface area contributed by atoms with Gasteiger partial charge in [-0.25, -0.2) is 4.98 Å². The molecule has 0 N–H and O–H groups in total. The van der Waals surface area contributed by atoms with Crippen molar-refractivity contribution in [3.63, 3.8) is 0 Å². The Bertz CT molecular complexity index is 323. The number of amides is 1. The van der Waals surface area contributed by atoms with Crippen LogP contribution in [0.3, 0.4) is 0 Å². The van der Waals surface area contributed by atoms with E-state index in [1.807, 2.05) is 10.3 Å². The Balaban J connectivity index is 2.01. The smallest absolute Gasteiger partial charge is 0.273 e. The Labute approximate surface area is 94.1 Å². The van der Waals surface area contributed by atoms with Crippen LogP contribution in [0.15, 0.2) is 10.9 Å². The highest BCUT2D eigenvalue weighted by Gasteiger charge is 2.24. The fourth-order valence-electron chi connectivity index (χ4n) is 2.06. The van der Waals surface area contributed by atoms with Gasteiger partial charge in [-0.3, -0.25) is 4.79 Å². The molecule has 1 aromatic heterocycles. The molecule has 2 rings (SSSR count). The highest BCUT2D eigenvalue weighted by molar-refractivity contribution is 7.07. The van der Waals surface area contributed by atoms with Crippen LogP contribution in [0, 0.1) is 5.92 Å². The van der Waals surface area contributed by atoms with Crippen molar-refractivity contribution in [2.24, 2.45) is 5.92 Å². The SMILES string of the molecule is CCC1CCCN(C(=O)c2cscn2)C1. The van der Waals surface area contributed by atoms with Crippen LogP contribution in [0.2, 0.25) is 0 Å². The maximum absolute atomic E-state index is 12.0. The molecule has 0 aliphatic carbocycles. The van der Waals surface area contributed by atoms with E-state index in [1.54, 1.807) is 5.51 Å². The van der Waals surface area contributed by atoms with Gasteiger partial charge < -0.3 is 4.90 Å². The first-order valence-corrected chi connectivity index (χ1v) is 6.43. The van der Waals surface area contributed by atoms with Gasteiger partial charge in [-0.15, -0.1) is 11.3 Å². The standard InChI is InChI=1S/C11H16N2OS/c1-2-9-4-3-5-13(6-9)11(14)10-7-15-8-12-10/h7-9H,2-6H2,1H3. The Hall–Kier alpha value is -0.900. The summed E-state index contributed by atoms with van der Waals surface area (Å²) in [6.07, 6.45) is 3.56. The Morgan fingerprint density at radius 2 is 2.60 bits per heavy atom. The summed E-state index contributed by atoms with van der Waals surface area (Å²) >= 11 is 1.48. The molecule has 0 aromatic carbocycles. The van der Waals surface area contributed by atoms with Gasteiger partial charge in [-0.1, -0.05) is 13.3 Å². The third-order valence-electron chi connectivity index (χ3n) is 3.03. The molecule has 3 nitrogen and oxygen atoms in total. The molecule has 1 aliphatic heterocycles. The molecule has 0 bridgehead atoms. The van der Waals surface area contributed by atoms with Gasteiger partial charge in [0.25, 0.3) is 5.91 Å². The molecule has 1 unspecified atom stereocenters. The Kier molecular flexibility index (Phi) is 3.36. The zero-order valence-electron chi connectivity index (χ0n) is 8.98. The lowest BCUT2D eigenvalue weighted by Gasteiger charge is -2.31. The van der Waals surface area contributed by atoms with Gasteiger partial charge in [-0.05, 0) is 18.8 Å². The van der Waals surface area contributed by atoms with Crippen LogP contribution in [0.25, 0.3) is 0 Å². The fraction of sp³-hybridized carbons (Fsp3) is 0.636. The van der Waals surface area contributed by atoms with Crippen molar-refractivity contribution in [2.45, 2.75) is 26.2 Å². The highest BCUT2D eigenvalue weighted by Crippen LogP contribution is 2.20. The van der Waals surface area contributed by atoms with Crippen LogP contribution >= 0.6 is 11.3 Å². The molecule has 0 spiro atoms. The summed E-state index contributed by atoms with van der Waals surface area (Å²) in [6, 6.07) is 0. The van der Waals surface area contributed by atoms with E-state index in [4.69, 9.17) is 0 Å². The van der Waals surface area contributed by atoms with Crippen molar-refractivity contribution in [2.75, 3.05) is 13.1 Å². The maximum Gasteiger partial charge on any atom is 0.273 e. The summed E-state index contributed by atoms with van der Waals surface area (Å²) in [4.78, 5) is 18.0. The Morgan fingerprint density at radius 1 is 1.73 bits per heavy atom. The molecule has 2 heterocycles. The summed E-state index contributed by atoms with van der Waals surface area (Å²) in [5, 5.41) is 1.83. The molecule has 15 heavy (non-hydrogen) atoms. The van der Waals surface area contributed by atoms with E-state index in [1.165, 1.54) is 24.2 Å². The molecule has 1 amide bonds. The molecule has 1 atom stereocenters. The molecular weight excluding hydrogens is 208 g/mol. The van der Waals surface area contributed by atoms with Crippen LogP contribution in [-0.4, -0.2) is 28.9 Å². The van der Waals surface area contributed by atoms with Crippen LogP contribution < -0.4 is 0 Å². The molecule has 1 aromatic rings. The van der Waals surface area contributed by atoms with Crippen molar-refractivity contribution in [3.05, 3.63) is 16.6 Å². The lowest BCUT2D eigenvalue weighted by molar-refractivity contribution is 0.0666. The number of thiazole rings is 1. The van der Waals surface area contributed by atoms with Crippen molar-refractivity contribution < 1.29 is 4.79 Å². The van der Waals surface area contributed by atoms with Crippen molar-refractivity contribution in [1.29, 1.82) is 0 Å². The molecule has 1 aliphatic rings. The van der Waals surface area contributed by atoms with Crippen LogP contribution in [0.4, 0.5) is 0 Å². The second kappa shape index (κ2) is 4.75. The summed E-state index contributed by atoms with van der Waals surface area (Å²) in [5.74, 6) is 0.788. The normalized spacial score (nSPS) is 21.7. The Morgan fingerprint density at radius 3 is 3.27 bits per heavy atom. The zero-order chi connectivity index (χ0) is 10.7. The van der Waals surface area contributed by atoms with Gasteiger partial charge in [0.05, 0.1) is 5.51 Å². The summed E-state index contributed by atoms with van der Waals surface area (Å²) in [6.45, 7) is 4.00. The van der Waals surface area contributed by atoms with Crippen molar-refractivity contribution in [3.8, 4) is 0 Å². The lowest BCUT2D eigenvalue weighted by Crippen LogP contribution is -2.39. The lowest BCUT2D eigenvalue weighted by atomic mass is 9.95. The van der Waals surface area contributed by atoms with Gasteiger partial charge >= 0.3 is 0 Å². The number of carbonyl (C=O) groups is 1. The number of likely N-dealkylation sites (tertiary alicyclic amines) is 1. The second-order valence-corrected chi connectivity index (χ2v) is 4.76. The first-order valence-electron chi connectivity index (χ1n) is 5.48. The van der Waals surface area contributed by atoms with E-state index in [0.717, 1.165) is 19.5 Å². The number of aromatic nitrogens is 1. The van der Waals surface area contributed by atoms with Gasteiger partial charge in [-0.2, -0.15) is 0 Å². The summed E-state index contributed by atoms with van der Waals surface area (Å²) in [7, 11) is 0. The van der Waals surface area contributed by atoms with E-state index in [9.17, 15) is 4.79 Å².